The highest BCUT2D eigenvalue weighted by Gasteiger charge is 2.31. The average Bonchev–Trinajstić information content (AvgIpc) is 2.96. The third kappa shape index (κ3) is 3.70. The number of hydrogen-bond acceptors (Lipinski definition) is 5. The molecule has 1 N–H and O–H groups in total. The second-order valence-corrected chi connectivity index (χ2v) is 8.49. The molecule has 1 fully saturated rings. The van der Waals surface area contributed by atoms with Gasteiger partial charge in [0.2, 0.25) is 10.0 Å². The summed E-state index contributed by atoms with van der Waals surface area (Å²) in [5, 5.41) is 9.06. The SMILES string of the molecule is CC(C)N(C(C)C)S(=O)(=O)c1ccc(N2CCC(C(=O)O)C2)nc1. The van der Waals surface area contributed by atoms with Gasteiger partial charge in [-0.2, -0.15) is 4.31 Å². The third-order valence-electron chi connectivity index (χ3n) is 4.18. The largest absolute Gasteiger partial charge is 0.481 e. The zero-order chi connectivity index (χ0) is 18.1. The molecule has 2 rings (SSSR count). The lowest BCUT2D eigenvalue weighted by molar-refractivity contribution is -0.140. The molecular weight excluding hydrogens is 330 g/mol. The maximum Gasteiger partial charge on any atom is 0.308 e. The van der Waals surface area contributed by atoms with Crippen molar-refractivity contribution < 1.29 is 18.3 Å². The third-order valence-corrected chi connectivity index (χ3v) is 6.41. The quantitative estimate of drug-likeness (QED) is 0.837. The Labute approximate surface area is 143 Å². The summed E-state index contributed by atoms with van der Waals surface area (Å²) in [6, 6.07) is 2.90. The molecule has 0 aliphatic carbocycles. The van der Waals surface area contributed by atoms with Crippen LogP contribution < -0.4 is 4.90 Å². The second-order valence-electron chi connectivity index (χ2n) is 6.64. The molecule has 1 aromatic heterocycles. The Morgan fingerprint density at radius 1 is 1.29 bits per heavy atom. The summed E-state index contributed by atoms with van der Waals surface area (Å²) in [6.45, 7) is 8.38. The molecule has 8 heteroatoms. The first kappa shape index (κ1) is 18.7. The van der Waals surface area contributed by atoms with Crippen molar-refractivity contribution in [2.45, 2.75) is 51.1 Å². The second kappa shape index (κ2) is 7.06. The van der Waals surface area contributed by atoms with Gasteiger partial charge in [0.05, 0.1) is 5.92 Å². The molecule has 1 aliphatic rings. The number of nitrogens with zero attached hydrogens (tertiary/aromatic N) is 3. The van der Waals surface area contributed by atoms with Gasteiger partial charge in [0.1, 0.15) is 10.7 Å². The number of carbonyl (C=O) groups is 1. The van der Waals surface area contributed by atoms with E-state index in [1.165, 1.54) is 10.5 Å². The molecule has 0 spiro atoms. The predicted octanol–water partition coefficient (Wildman–Crippen LogP) is 1.80. The fraction of sp³-hybridized carbons (Fsp3) is 0.625. The van der Waals surface area contributed by atoms with Gasteiger partial charge in [-0.15, -0.1) is 0 Å². The van der Waals surface area contributed by atoms with Crippen LogP contribution >= 0.6 is 0 Å². The maximum atomic E-state index is 12.8. The molecule has 7 nitrogen and oxygen atoms in total. The number of carboxylic acid groups (broad SMARTS) is 1. The van der Waals surface area contributed by atoms with Crippen LogP contribution in [0.25, 0.3) is 0 Å². The highest BCUT2D eigenvalue weighted by atomic mass is 32.2. The summed E-state index contributed by atoms with van der Waals surface area (Å²) >= 11 is 0. The Hall–Kier alpha value is -1.67. The molecule has 1 saturated heterocycles. The molecule has 0 radical (unpaired) electrons. The Bertz CT molecular complexity index is 678. The molecule has 0 amide bonds. The summed E-state index contributed by atoms with van der Waals surface area (Å²) < 4.78 is 27.0. The van der Waals surface area contributed by atoms with Crippen molar-refractivity contribution in [3.63, 3.8) is 0 Å². The van der Waals surface area contributed by atoms with E-state index in [9.17, 15) is 13.2 Å². The Morgan fingerprint density at radius 3 is 2.33 bits per heavy atom. The number of anilines is 1. The van der Waals surface area contributed by atoms with E-state index in [4.69, 9.17) is 5.11 Å². The minimum atomic E-state index is -3.61. The zero-order valence-corrected chi connectivity index (χ0v) is 15.3. The van der Waals surface area contributed by atoms with Crippen LogP contribution in [-0.2, 0) is 14.8 Å². The monoisotopic (exact) mass is 355 g/mol. The minimum absolute atomic E-state index is 0.149. The van der Waals surface area contributed by atoms with Gasteiger partial charge in [0.25, 0.3) is 0 Å². The summed E-state index contributed by atoms with van der Waals surface area (Å²) in [6.07, 6.45) is 1.93. The lowest BCUT2D eigenvalue weighted by Gasteiger charge is -2.29. The Balaban J connectivity index is 2.22. The summed E-state index contributed by atoms with van der Waals surface area (Å²) in [5.41, 5.74) is 0. The molecule has 1 aliphatic heterocycles. The molecule has 2 heterocycles. The van der Waals surface area contributed by atoms with Crippen LogP contribution in [0.1, 0.15) is 34.1 Å². The number of aromatic nitrogens is 1. The van der Waals surface area contributed by atoms with Crippen LogP contribution in [0.4, 0.5) is 5.82 Å². The number of hydrogen-bond donors (Lipinski definition) is 1. The van der Waals surface area contributed by atoms with Crippen LogP contribution in [0, 0.1) is 5.92 Å². The number of sulfonamides is 1. The van der Waals surface area contributed by atoms with Gasteiger partial charge >= 0.3 is 5.97 Å². The van der Waals surface area contributed by atoms with E-state index in [1.807, 2.05) is 32.6 Å². The maximum absolute atomic E-state index is 12.8. The van der Waals surface area contributed by atoms with Gasteiger partial charge in [-0.1, -0.05) is 0 Å². The van der Waals surface area contributed by atoms with Crippen LogP contribution in [0.5, 0.6) is 0 Å². The van der Waals surface area contributed by atoms with Crippen molar-refractivity contribution >= 4 is 21.8 Å². The predicted molar refractivity (Wildman–Crippen MR) is 91.5 cm³/mol. The van der Waals surface area contributed by atoms with Gasteiger partial charge in [-0.3, -0.25) is 4.79 Å². The van der Waals surface area contributed by atoms with Crippen molar-refractivity contribution in [1.29, 1.82) is 0 Å². The fourth-order valence-electron chi connectivity index (χ4n) is 3.16. The van der Waals surface area contributed by atoms with Gasteiger partial charge in [-0.25, -0.2) is 13.4 Å². The normalized spacial score (nSPS) is 18.8. The number of pyridine rings is 1. The van der Waals surface area contributed by atoms with Crippen LogP contribution in [0.15, 0.2) is 23.2 Å². The van der Waals surface area contributed by atoms with E-state index >= 15 is 0 Å². The van der Waals surface area contributed by atoms with E-state index in [0.29, 0.717) is 25.3 Å². The standard InChI is InChI=1S/C16H25N3O4S/c1-11(2)19(12(3)4)24(22,23)14-5-6-15(17-9-14)18-8-7-13(10-18)16(20)21/h5-6,9,11-13H,7-8,10H2,1-4H3,(H,20,21). The van der Waals surface area contributed by atoms with Gasteiger partial charge in [0, 0.05) is 31.4 Å². The molecule has 1 aromatic rings. The molecule has 1 atom stereocenters. The summed E-state index contributed by atoms with van der Waals surface area (Å²) in [5.74, 6) is -0.591. The zero-order valence-electron chi connectivity index (χ0n) is 14.5. The Kier molecular flexibility index (Phi) is 5.49. The van der Waals surface area contributed by atoms with Crippen molar-refractivity contribution in [1.82, 2.24) is 9.29 Å². The highest BCUT2D eigenvalue weighted by Crippen LogP contribution is 2.25. The fourth-order valence-corrected chi connectivity index (χ4v) is 4.93. The first-order chi connectivity index (χ1) is 11.1. The number of carboxylic acids is 1. The average molecular weight is 355 g/mol. The first-order valence-corrected chi connectivity index (χ1v) is 9.56. The molecule has 134 valence electrons. The van der Waals surface area contributed by atoms with E-state index in [2.05, 4.69) is 4.98 Å². The van der Waals surface area contributed by atoms with Gasteiger partial charge < -0.3 is 10.0 Å². The van der Waals surface area contributed by atoms with Crippen molar-refractivity contribution in [2.24, 2.45) is 5.92 Å². The van der Waals surface area contributed by atoms with Gasteiger partial charge in [-0.05, 0) is 46.2 Å². The molecular formula is C16H25N3O4S. The van der Waals surface area contributed by atoms with Crippen molar-refractivity contribution in [2.75, 3.05) is 18.0 Å². The molecule has 1 unspecified atom stereocenters. The molecule has 0 bridgehead atoms. The first-order valence-electron chi connectivity index (χ1n) is 8.12. The summed E-state index contributed by atoms with van der Waals surface area (Å²) in [7, 11) is -3.61. The minimum Gasteiger partial charge on any atom is -0.481 e. The van der Waals surface area contributed by atoms with Gasteiger partial charge in [0.15, 0.2) is 0 Å². The van der Waals surface area contributed by atoms with Crippen LogP contribution in [0.2, 0.25) is 0 Å². The highest BCUT2D eigenvalue weighted by molar-refractivity contribution is 7.89. The topological polar surface area (TPSA) is 90.8 Å². The van der Waals surface area contributed by atoms with E-state index < -0.39 is 21.9 Å². The van der Waals surface area contributed by atoms with E-state index in [-0.39, 0.29) is 17.0 Å². The van der Waals surface area contributed by atoms with Crippen molar-refractivity contribution in [3.8, 4) is 0 Å². The number of rotatable bonds is 6. The lowest BCUT2D eigenvalue weighted by Crippen LogP contribution is -2.41. The molecule has 0 saturated carbocycles. The van der Waals surface area contributed by atoms with Crippen LogP contribution in [0.3, 0.4) is 0 Å². The Morgan fingerprint density at radius 2 is 1.92 bits per heavy atom. The van der Waals surface area contributed by atoms with Crippen LogP contribution in [-0.4, -0.2) is 54.0 Å². The number of aliphatic carboxylic acids is 1. The smallest absolute Gasteiger partial charge is 0.308 e. The molecule has 0 aromatic carbocycles. The van der Waals surface area contributed by atoms with E-state index in [0.717, 1.165) is 0 Å². The van der Waals surface area contributed by atoms with Crippen molar-refractivity contribution in [3.05, 3.63) is 18.3 Å². The summed E-state index contributed by atoms with van der Waals surface area (Å²) in [4.78, 5) is 17.3. The van der Waals surface area contributed by atoms with E-state index in [1.54, 1.807) is 12.1 Å². The lowest BCUT2D eigenvalue weighted by atomic mass is 10.1. The molecule has 24 heavy (non-hydrogen) atoms.